The Morgan fingerprint density at radius 1 is 1.42 bits per heavy atom. The number of hydrogen-bond acceptors (Lipinski definition) is 2. The van der Waals surface area contributed by atoms with Crippen molar-refractivity contribution in [3.05, 3.63) is 0 Å². The van der Waals surface area contributed by atoms with Gasteiger partial charge in [0, 0.05) is 19.4 Å². The molecule has 1 amide bonds. The highest BCUT2D eigenvalue weighted by Crippen LogP contribution is 1.91. The van der Waals surface area contributed by atoms with Gasteiger partial charge >= 0.3 is 0 Å². The lowest BCUT2D eigenvalue weighted by Gasteiger charge is -2.01. The fourth-order valence-electron chi connectivity index (χ4n) is 0.881. The van der Waals surface area contributed by atoms with E-state index < -0.39 is 0 Å². The van der Waals surface area contributed by atoms with E-state index in [1.165, 1.54) is 0 Å². The van der Waals surface area contributed by atoms with Crippen LogP contribution in [0.5, 0.6) is 0 Å². The van der Waals surface area contributed by atoms with Crippen LogP contribution in [-0.4, -0.2) is 18.7 Å². The molecule has 0 aromatic heterocycles. The van der Waals surface area contributed by atoms with E-state index in [0.29, 0.717) is 12.8 Å². The van der Waals surface area contributed by atoms with Gasteiger partial charge in [0.15, 0.2) is 0 Å². The Kier molecular flexibility index (Phi) is 7.65. The van der Waals surface area contributed by atoms with Gasteiger partial charge in [-0.05, 0) is 6.42 Å². The summed E-state index contributed by atoms with van der Waals surface area (Å²) in [5.41, 5.74) is 0. The zero-order valence-electron chi connectivity index (χ0n) is 7.64. The quantitative estimate of drug-likeness (QED) is 0.463. The first-order valence-corrected chi connectivity index (χ1v) is 4.51. The number of hydrogen-bond donors (Lipinski definition) is 1. The molecule has 0 aromatic rings. The summed E-state index contributed by atoms with van der Waals surface area (Å²) in [7, 11) is 0. The normalized spacial score (nSPS) is 9.42. The van der Waals surface area contributed by atoms with Crippen LogP contribution in [0.2, 0.25) is 0 Å². The maximum atomic E-state index is 10.9. The SMILES string of the molecule is CCCCCNC(=O)CCC=O. The van der Waals surface area contributed by atoms with Crippen LogP contribution in [0.4, 0.5) is 0 Å². The second-order valence-corrected chi connectivity index (χ2v) is 2.76. The van der Waals surface area contributed by atoms with Crippen molar-refractivity contribution in [2.45, 2.75) is 39.0 Å². The van der Waals surface area contributed by atoms with E-state index in [2.05, 4.69) is 12.2 Å². The number of nitrogens with one attached hydrogen (secondary N) is 1. The van der Waals surface area contributed by atoms with Gasteiger partial charge in [-0.15, -0.1) is 0 Å². The molecule has 0 saturated carbocycles. The molecule has 0 aliphatic rings. The van der Waals surface area contributed by atoms with Crippen LogP contribution < -0.4 is 5.32 Å². The monoisotopic (exact) mass is 171 g/mol. The number of carbonyl (C=O) groups is 2. The third-order valence-corrected chi connectivity index (χ3v) is 1.59. The van der Waals surface area contributed by atoms with Crippen molar-refractivity contribution in [3.8, 4) is 0 Å². The standard InChI is InChI=1S/C9H17NO2/c1-2-3-4-7-10-9(12)6-5-8-11/h8H,2-7H2,1H3,(H,10,12). The van der Waals surface area contributed by atoms with Crippen LogP contribution in [0, 0.1) is 0 Å². The summed E-state index contributed by atoms with van der Waals surface area (Å²) < 4.78 is 0. The number of unbranched alkanes of at least 4 members (excludes halogenated alkanes) is 2. The third kappa shape index (κ3) is 7.25. The molecule has 0 aliphatic heterocycles. The average molecular weight is 171 g/mol. The van der Waals surface area contributed by atoms with Crippen LogP contribution in [0.3, 0.4) is 0 Å². The Labute approximate surface area is 73.5 Å². The van der Waals surface area contributed by atoms with Crippen molar-refractivity contribution < 1.29 is 9.59 Å². The van der Waals surface area contributed by atoms with Crippen LogP contribution in [-0.2, 0) is 9.59 Å². The second-order valence-electron chi connectivity index (χ2n) is 2.76. The highest BCUT2D eigenvalue weighted by Gasteiger charge is 1.97. The first-order valence-electron chi connectivity index (χ1n) is 4.51. The molecule has 0 radical (unpaired) electrons. The molecule has 1 N–H and O–H groups in total. The van der Waals surface area contributed by atoms with Gasteiger partial charge in [0.25, 0.3) is 0 Å². The summed E-state index contributed by atoms with van der Waals surface area (Å²) in [6, 6.07) is 0. The number of carbonyl (C=O) groups excluding carboxylic acids is 2. The highest BCUT2D eigenvalue weighted by molar-refractivity contribution is 5.77. The van der Waals surface area contributed by atoms with Gasteiger partial charge in [0.1, 0.15) is 6.29 Å². The number of aldehydes is 1. The van der Waals surface area contributed by atoms with Gasteiger partial charge in [-0.1, -0.05) is 19.8 Å². The fourth-order valence-corrected chi connectivity index (χ4v) is 0.881. The van der Waals surface area contributed by atoms with E-state index in [-0.39, 0.29) is 5.91 Å². The molecule has 0 unspecified atom stereocenters. The van der Waals surface area contributed by atoms with Crippen LogP contribution >= 0.6 is 0 Å². The minimum Gasteiger partial charge on any atom is -0.356 e. The Bertz CT molecular complexity index is 134. The second kappa shape index (κ2) is 8.24. The molecule has 0 spiro atoms. The van der Waals surface area contributed by atoms with Crippen LogP contribution in [0.15, 0.2) is 0 Å². The number of amides is 1. The minimum atomic E-state index is -0.0156. The van der Waals surface area contributed by atoms with Crippen molar-refractivity contribution in [2.75, 3.05) is 6.54 Å². The first kappa shape index (κ1) is 11.1. The Morgan fingerprint density at radius 3 is 2.75 bits per heavy atom. The topological polar surface area (TPSA) is 46.2 Å². The molecule has 3 nitrogen and oxygen atoms in total. The zero-order chi connectivity index (χ0) is 9.23. The van der Waals surface area contributed by atoms with Crippen molar-refractivity contribution in [3.63, 3.8) is 0 Å². The summed E-state index contributed by atoms with van der Waals surface area (Å²) in [5, 5.41) is 2.75. The Morgan fingerprint density at radius 2 is 2.17 bits per heavy atom. The van der Waals surface area contributed by atoms with Crippen molar-refractivity contribution in [1.82, 2.24) is 5.32 Å². The van der Waals surface area contributed by atoms with Gasteiger partial charge in [-0.2, -0.15) is 0 Å². The lowest BCUT2D eigenvalue weighted by atomic mass is 10.2. The molecule has 0 aliphatic carbocycles. The zero-order valence-corrected chi connectivity index (χ0v) is 7.64. The van der Waals surface area contributed by atoms with Gasteiger partial charge in [-0.25, -0.2) is 0 Å². The molecule has 0 heterocycles. The first-order chi connectivity index (χ1) is 5.81. The van der Waals surface area contributed by atoms with Gasteiger partial charge < -0.3 is 10.1 Å². The molecule has 0 aromatic carbocycles. The van der Waals surface area contributed by atoms with E-state index in [1.54, 1.807) is 0 Å². The maximum absolute atomic E-state index is 10.9. The van der Waals surface area contributed by atoms with Crippen LogP contribution in [0.25, 0.3) is 0 Å². The van der Waals surface area contributed by atoms with E-state index in [4.69, 9.17) is 0 Å². The summed E-state index contributed by atoms with van der Waals surface area (Å²) in [6.45, 7) is 2.86. The molecule has 0 atom stereocenters. The molecule has 0 saturated heterocycles. The average Bonchev–Trinajstić information content (AvgIpc) is 2.09. The summed E-state index contributed by atoms with van der Waals surface area (Å²) in [5.74, 6) is -0.0156. The molecular weight excluding hydrogens is 154 g/mol. The van der Waals surface area contributed by atoms with E-state index in [1.807, 2.05) is 0 Å². The highest BCUT2D eigenvalue weighted by atomic mass is 16.1. The molecule has 0 bridgehead atoms. The van der Waals surface area contributed by atoms with Gasteiger partial charge in [0.05, 0.1) is 0 Å². The molecule has 12 heavy (non-hydrogen) atoms. The predicted octanol–water partition coefficient (Wildman–Crippen LogP) is 1.27. The summed E-state index contributed by atoms with van der Waals surface area (Å²) >= 11 is 0. The smallest absolute Gasteiger partial charge is 0.220 e. The fraction of sp³-hybridized carbons (Fsp3) is 0.778. The van der Waals surface area contributed by atoms with E-state index in [9.17, 15) is 9.59 Å². The minimum absolute atomic E-state index is 0.0156. The van der Waals surface area contributed by atoms with Crippen molar-refractivity contribution >= 4 is 12.2 Å². The number of rotatable bonds is 7. The Hall–Kier alpha value is -0.860. The summed E-state index contributed by atoms with van der Waals surface area (Å²) in [6.07, 6.45) is 4.77. The summed E-state index contributed by atoms with van der Waals surface area (Å²) in [4.78, 5) is 20.8. The molecule has 3 heteroatoms. The van der Waals surface area contributed by atoms with Gasteiger partial charge in [0.2, 0.25) is 5.91 Å². The maximum Gasteiger partial charge on any atom is 0.220 e. The molecule has 0 fully saturated rings. The molecular formula is C9H17NO2. The van der Waals surface area contributed by atoms with Crippen molar-refractivity contribution in [2.24, 2.45) is 0 Å². The lowest BCUT2D eigenvalue weighted by molar-refractivity contribution is -0.122. The molecule has 70 valence electrons. The lowest BCUT2D eigenvalue weighted by Crippen LogP contribution is -2.23. The third-order valence-electron chi connectivity index (χ3n) is 1.59. The van der Waals surface area contributed by atoms with E-state index >= 15 is 0 Å². The Balaban J connectivity index is 3.13. The predicted molar refractivity (Wildman–Crippen MR) is 47.8 cm³/mol. The van der Waals surface area contributed by atoms with Crippen molar-refractivity contribution in [1.29, 1.82) is 0 Å². The van der Waals surface area contributed by atoms with Crippen LogP contribution in [0.1, 0.15) is 39.0 Å². The largest absolute Gasteiger partial charge is 0.356 e. The van der Waals surface area contributed by atoms with Gasteiger partial charge in [-0.3, -0.25) is 4.79 Å². The molecule has 0 rings (SSSR count). The van der Waals surface area contributed by atoms with E-state index in [0.717, 1.165) is 32.1 Å².